The van der Waals surface area contributed by atoms with E-state index in [9.17, 15) is 0 Å². The maximum Gasteiger partial charge on any atom is -0.00918 e. The second-order valence-electron chi connectivity index (χ2n) is 6.10. The lowest BCUT2D eigenvalue weighted by atomic mass is 9.72. The van der Waals surface area contributed by atoms with Crippen LogP contribution in [-0.4, -0.2) is 0 Å². The van der Waals surface area contributed by atoms with Gasteiger partial charge in [0.25, 0.3) is 0 Å². The summed E-state index contributed by atoms with van der Waals surface area (Å²) in [4.78, 5) is 0. The van der Waals surface area contributed by atoms with E-state index in [4.69, 9.17) is 0 Å². The highest BCUT2D eigenvalue weighted by Crippen LogP contribution is 2.40. The van der Waals surface area contributed by atoms with Crippen LogP contribution in [0, 0.1) is 10.8 Å². The fourth-order valence-corrected chi connectivity index (χ4v) is 1.86. The van der Waals surface area contributed by atoms with Crippen LogP contribution >= 0.6 is 0 Å². The van der Waals surface area contributed by atoms with Crippen molar-refractivity contribution in [3.63, 3.8) is 0 Å². The molecule has 0 heteroatoms. The number of rotatable bonds is 0. The lowest BCUT2D eigenvalue weighted by molar-refractivity contribution is 0.363. The van der Waals surface area contributed by atoms with Gasteiger partial charge in [0.05, 0.1) is 0 Å². The van der Waals surface area contributed by atoms with Crippen LogP contribution in [0.1, 0.15) is 54.4 Å². The van der Waals surface area contributed by atoms with Gasteiger partial charge in [-0.1, -0.05) is 41.5 Å². The Kier molecular flexibility index (Phi) is 2.47. The minimum atomic E-state index is 0.258. The third-order valence-corrected chi connectivity index (χ3v) is 2.30. The topological polar surface area (TPSA) is 0 Å². The first-order chi connectivity index (χ1) is 5.71. The van der Waals surface area contributed by atoms with Gasteiger partial charge in [-0.25, -0.2) is 0 Å². The van der Waals surface area contributed by atoms with Crippen molar-refractivity contribution in [2.75, 3.05) is 0 Å². The Labute approximate surface area is 82.7 Å². The smallest absolute Gasteiger partial charge is 0.00918 e. The summed E-state index contributed by atoms with van der Waals surface area (Å²) in [5.41, 5.74) is 7.10. The summed E-state index contributed by atoms with van der Waals surface area (Å²) < 4.78 is 0. The fraction of sp³-hybridized carbons (Fsp3) is 0.769. The molecule has 0 nitrogen and oxygen atoms in total. The number of hydrogen-bond donors (Lipinski definition) is 0. The molecule has 0 aromatic rings. The van der Waals surface area contributed by atoms with E-state index in [0.29, 0.717) is 0 Å². The normalized spacial score (nSPS) is 16.9. The van der Waals surface area contributed by atoms with Crippen molar-refractivity contribution < 1.29 is 0 Å². The lowest BCUT2D eigenvalue weighted by Gasteiger charge is -2.32. The maximum absolute atomic E-state index is 3.60. The number of hydrogen-bond acceptors (Lipinski definition) is 0. The van der Waals surface area contributed by atoms with Crippen molar-refractivity contribution in [1.29, 1.82) is 0 Å². The first kappa shape index (κ1) is 10.6. The third-order valence-electron chi connectivity index (χ3n) is 2.30. The van der Waals surface area contributed by atoms with E-state index in [0.717, 1.165) is 0 Å². The molecule has 1 saturated carbocycles. The van der Waals surface area contributed by atoms with Crippen molar-refractivity contribution >= 4 is 0 Å². The van der Waals surface area contributed by atoms with Gasteiger partial charge in [0, 0.05) is 0 Å². The van der Waals surface area contributed by atoms with Crippen LogP contribution in [0.4, 0.5) is 0 Å². The molecule has 0 heterocycles. The SMILES string of the molecule is CC(C)(C)C(=C=C1CC1)C(C)(C)C. The zero-order valence-corrected chi connectivity index (χ0v) is 9.91. The van der Waals surface area contributed by atoms with Gasteiger partial charge in [0.1, 0.15) is 0 Å². The fourth-order valence-electron chi connectivity index (χ4n) is 1.86. The van der Waals surface area contributed by atoms with Crippen LogP contribution in [0.15, 0.2) is 16.9 Å². The zero-order chi connectivity index (χ0) is 10.3. The molecule has 0 spiro atoms. The summed E-state index contributed by atoms with van der Waals surface area (Å²) in [5, 5.41) is 0. The van der Waals surface area contributed by atoms with Gasteiger partial charge >= 0.3 is 0 Å². The van der Waals surface area contributed by atoms with Gasteiger partial charge in [0.2, 0.25) is 0 Å². The molecule has 0 saturated heterocycles. The molecule has 0 unspecified atom stereocenters. The van der Waals surface area contributed by atoms with E-state index in [-0.39, 0.29) is 10.8 Å². The molecule has 0 amide bonds. The number of allylic oxidation sites excluding steroid dienone is 1. The third kappa shape index (κ3) is 3.04. The van der Waals surface area contributed by atoms with E-state index in [2.05, 4.69) is 47.3 Å². The van der Waals surface area contributed by atoms with Crippen molar-refractivity contribution in [2.45, 2.75) is 54.4 Å². The second kappa shape index (κ2) is 3.03. The van der Waals surface area contributed by atoms with Crippen molar-refractivity contribution in [1.82, 2.24) is 0 Å². The van der Waals surface area contributed by atoms with Gasteiger partial charge < -0.3 is 0 Å². The van der Waals surface area contributed by atoms with Crippen molar-refractivity contribution in [2.24, 2.45) is 10.8 Å². The van der Waals surface area contributed by atoms with Crippen molar-refractivity contribution in [3.8, 4) is 0 Å². The summed E-state index contributed by atoms with van der Waals surface area (Å²) in [6, 6.07) is 0. The molecule has 1 rings (SSSR count). The van der Waals surface area contributed by atoms with Gasteiger partial charge in [-0.15, -0.1) is 5.73 Å². The average Bonchev–Trinajstić information content (AvgIpc) is 2.58. The molecule has 1 aliphatic carbocycles. The summed E-state index contributed by atoms with van der Waals surface area (Å²) in [5.74, 6) is 0. The Morgan fingerprint density at radius 1 is 0.923 bits per heavy atom. The average molecular weight is 178 g/mol. The van der Waals surface area contributed by atoms with Crippen molar-refractivity contribution in [3.05, 3.63) is 16.9 Å². The predicted octanol–water partition coefficient (Wildman–Crippen LogP) is 4.32. The highest BCUT2D eigenvalue weighted by atomic mass is 14.3. The Hall–Kier alpha value is -0.480. The van der Waals surface area contributed by atoms with Gasteiger partial charge in [-0.05, 0) is 34.8 Å². The summed E-state index contributed by atoms with van der Waals surface area (Å²) in [7, 11) is 0. The van der Waals surface area contributed by atoms with E-state index in [1.165, 1.54) is 24.0 Å². The Morgan fingerprint density at radius 2 is 1.31 bits per heavy atom. The van der Waals surface area contributed by atoms with Gasteiger partial charge in [-0.3, -0.25) is 0 Å². The van der Waals surface area contributed by atoms with E-state index >= 15 is 0 Å². The second-order valence-corrected chi connectivity index (χ2v) is 6.10. The molecule has 0 N–H and O–H groups in total. The summed E-state index contributed by atoms with van der Waals surface area (Å²) >= 11 is 0. The predicted molar refractivity (Wildman–Crippen MR) is 58.7 cm³/mol. The van der Waals surface area contributed by atoms with E-state index in [1.807, 2.05) is 0 Å². The van der Waals surface area contributed by atoms with E-state index < -0.39 is 0 Å². The van der Waals surface area contributed by atoms with Crippen LogP contribution in [-0.2, 0) is 0 Å². The zero-order valence-electron chi connectivity index (χ0n) is 9.91. The molecular formula is C13H22. The van der Waals surface area contributed by atoms with E-state index in [1.54, 1.807) is 0 Å². The summed E-state index contributed by atoms with van der Waals surface area (Å²) in [6.07, 6.45) is 2.55. The molecule has 0 atom stereocenters. The lowest BCUT2D eigenvalue weighted by Crippen LogP contribution is -2.21. The Bertz CT molecular complexity index is 237. The first-order valence-electron chi connectivity index (χ1n) is 5.21. The maximum atomic E-state index is 3.60. The molecule has 1 aliphatic rings. The molecule has 0 aromatic carbocycles. The first-order valence-corrected chi connectivity index (χ1v) is 5.21. The highest BCUT2D eigenvalue weighted by Gasteiger charge is 2.28. The molecule has 13 heavy (non-hydrogen) atoms. The standard InChI is InChI=1S/C13H22/c1-12(2,3)11(13(4,5)6)9-10-7-8-10/h7-8H2,1-6H3. The van der Waals surface area contributed by atoms with Gasteiger partial charge in [0.15, 0.2) is 0 Å². The molecule has 74 valence electrons. The highest BCUT2D eigenvalue weighted by molar-refractivity contribution is 5.25. The van der Waals surface area contributed by atoms with Crippen LogP contribution in [0.3, 0.4) is 0 Å². The monoisotopic (exact) mass is 178 g/mol. The Morgan fingerprint density at radius 3 is 1.54 bits per heavy atom. The minimum Gasteiger partial charge on any atom is -0.121 e. The largest absolute Gasteiger partial charge is 0.121 e. The molecule has 0 bridgehead atoms. The Balaban J connectivity index is 3.12. The molecule has 0 aliphatic heterocycles. The molecule has 1 fully saturated rings. The quantitative estimate of drug-likeness (QED) is 0.484. The molecular weight excluding hydrogens is 156 g/mol. The molecule has 0 radical (unpaired) electrons. The van der Waals surface area contributed by atoms with Crippen LogP contribution in [0.5, 0.6) is 0 Å². The van der Waals surface area contributed by atoms with Crippen LogP contribution < -0.4 is 0 Å². The van der Waals surface area contributed by atoms with Crippen LogP contribution in [0.2, 0.25) is 0 Å². The minimum absolute atomic E-state index is 0.258. The molecule has 0 aromatic heterocycles. The van der Waals surface area contributed by atoms with Gasteiger partial charge in [-0.2, -0.15) is 0 Å². The summed E-state index contributed by atoms with van der Waals surface area (Å²) in [6.45, 7) is 13.7. The van der Waals surface area contributed by atoms with Crippen LogP contribution in [0.25, 0.3) is 0 Å².